The van der Waals surface area contributed by atoms with Crippen LogP contribution in [0.1, 0.15) is 41.2 Å². The Morgan fingerprint density at radius 3 is 2.80 bits per heavy atom. The van der Waals surface area contributed by atoms with Crippen molar-refractivity contribution in [2.24, 2.45) is 5.41 Å². The van der Waals surface area contributed by atoms with Crippen LogP contribution in [0.4, 0.5) is 0 Å². The summed E-state index contributed by atoms with van der Waals surface area (Å²) in [4.78, 5) is 26.9. The summed E-state index contributed by atoms with van der Waals surface area (Å²) in [6, 6.07) is 0. The van der Waals surface area contributed by atoms with Crippen LogP contribution in [0.5, 0.6) is 0 Å². The molecule has 6 nitrogen and oxygen atoms in total. The fourth-order valence-corrected chi connectivity index (χ4v) is 3.03. The number of aromatic carboxylic acids is 1. The third-order valence-corrected chi connectivity index (χ3v) is 4.60. The summed E-state index contributed by atoms with van der Waals surface area (Å²) in [7, 11) is 1.63. The van der Waals surface area contributed by atoms with Crippen molar-refractivity contribution in [3.63, 3.8) is 0 Å². The van der Waals surface area contributed by atoms with Gasteiger partial charge in [-0.15, -0.1) is 11.3 Å². The molecule has 20 heavy (non-hydrogen) atoms. The second-order valence-corrected chi connectivity index (χ2v) is 5.93. The van der Waals surface area contributed by atoms with Gasteiger partial charge in [0, 0.05) is 19.1 Å². The SMILES string of the molecule is COCCC1(C(=O)NCc2nc(C(=O)O)cs2)CCC1. The molecule has 0 atom stereocenters. The van der Waals surface area contributed by atoms with Crippen LogP contribution in [-0.4, -0.2) is 35.7 Å². The molecule has 1 aromatic heterocycles. The first-order chi connectivity index (χ1) is 9.57. The summed E-state index contributed by atoms with van der Waals surface area (Å²) in [5.74, 6) is -1.03. The summed E-state index contributed by atoms with van der Waals surface area (Å²) in [6.07, 6.45) is 3.58. The lowest BCUT2D eigenvalue weighted by Gasteiger charge is -2.40. The van der Waals surface area contributed by atoms with E-state index in [0.29, 0.717) is 11.6 Å². The number of carboxylic acid groups (broad SMARTS) is 1. The highest BCUT2D eigenvalue weighted by atomic mass is 32.1. The van der Waals surface area contributed by atoms with Gasteiger partial charge < -0.3 is 15.2 Å². The van der Waals surface area contributed by atoms with Crippen molar-refractivity contribution in [2.75, 3.05) is 13.7 Å². The van der Waals surface area contributed by atoms with Gasteiger partial charge in [0.25, 0.3) is 0 Å². The van der Waals surface area contributed by atoms with Crippen LogP contribution in [-0.2, 0) is 16.1 Å². The standard InChI is InChI=1S/C13H18N2O4S/c1-19-6-5-13(3-2-4-13)12(18)14-7-10-15-9(8-20-10)11(16)17/h8H,2-7H2,1H3,(H,14,18)(H,16,17). The van der Waals surface area contributed by atoms with Gasteiger partial charge in [-0.3, -0.25) is 4.79 Å². The smallest absolute Gasteiger partial charge is 0.355 e. The molecular weight excluding hydrogens is 280 g/mol. The van der Waals surface area contributed by atoms with E-state index in [9.17, 15) is 9.59 Å². The van der Waals surface area contributed by atoms with Crippen molar-refractivity contribution >= 4 is 23.2 Å². The number of hydrogen-bond acceptors (Lipinski definition) is 5. The Hall–Kier alpha value is -1.47. The number of carbonyl (C=O) groups excluding carboxylic acids is 1. The average molecular weight is 298 g/mol. The van der Waals surface area contributed by atoms with Crippen LogP contribution in [0.15, 0.2) is 5.38 Å². The van der Waals surface area contributed by atoms with Crippen molar-refractivity contribution < 1.29 is 19.4 Å². The predicted molar refractivity (Wildman–Crippen MR) is 73.7 cm³/mol. The zero-order valence-electron chi connectivity index (χ0n) is 11.3. The molecular formula is C13H18N2O4S. The Labute approximate surface area is 121 Å². The van der Waals surface area contributed by atoms with E-state index in [1.54, 1.807) is 7.11 Å². The first-order valence-corrected chi connectivity index (χ1v) is 7.40. The topological polar surface area (TPSA) is 88.5 Å². The number of amides is 1. The van der Waals surface area contributed by atoms with Crippen LogP contribution >= 0.6 is 11.3 Å². The van der Waals surface area contributed by atoms with Crippen molar-refractivity contribution in [1.29, 1.82) is 0 Å². The maximum absolute atomic E-state index is 12.3. The highest BCUT2D eigenvalue weighted by Crippen LogP contribution is 2.44. The van der Waals surface area contributed by atoms with E-state index in [1.165, 1.54) is 16.7 Å². The minimum absolute atomic E-state index is 0.0212. The van der Waals surface area contributed by atoms with Crippen molar-refractivity contribution in [2.45, 2.75) is 32.2 Å². The maximum atomic E-state index is 12.3. The normalized spacial score (nSPS) is 16.4. The summed E-state index contributed by atoms with van der Waals surface area (Å²) in [6.45, 7) is 0.860. The van der Waals surface area contributed by atoms with E-state index in [4.69, 9.17) is 9.84 Å². The number of nitrogens with one attached hydrogen (secondary N) is 1. The Morgan fingerprint density at radius 1 is 1.55 bits per heavy atom. The third kappa shape index (κ3) is 3.16. The van der Waals surface area contributed by atoms with E-state index in [1.807, 2.05) is 0 Å². The second kappa shape index (κ2) is 6.32. The molecule has 0 spiro atoms. The molecule has 2 N–H and O–H groups in total. The Morgan fingerprint density at radius 2 is 2.30 bits per heavy atom. The molecule has 0 aliphatic heterocycles. The monoisotopic (exact) mass is 298 g/mol. The molecule has 2 rings (SSSR count). The fourth-order valence-electron chi connectivity index (χ4n) is 2.33. The van der Waals surface area contributed by atoms with Gasteiger partial charge in [-0.05, 0) is 19.3 Å². The lowest BCUT2D eigenvalue weighted by molar-refractivity contribution is -0.137. The average Bonchev–Trinajstić information content (AvgIpc) is 2.84. The van der Waals surface area contributed by atoms with Crippen LogP contribution in [0.2, 0.25) is 0 Å². The molecule has 1 fully saturated rings. The number of ether oxygens (including phenoxy) is 1. The van der Waals surface area contributed by atoms with Crippen LogP contribution in [0.3, 0.4) is 0 Å². The van der Waals surface area contributed by atoms with Gasteiger partial charge >= 0.3 is 5.97 Å². The molecule has 1 aliphatic rings. The molecule has 1 heterocycles. The second-order valence-electron chi connectivity index (χ2n) is 4.99. The van der Waals surface area contributed by atoms with E-state index >= 15 is 0 Å². The lowest BCUT2D eigenvalue weighted by atomic mass is 9.66. The maximum Gasteiger partial charge on any atom is 0.355 e. The Kier molecular flexibility index (Phi) is 4.72. The number of rotatable bonds is 7. The zero-order chi connectivity index (χ0) is 14.6. The summed E-state index contributed by atoms with van der Waals surface area (Å²) >= 11 is 1.24. The van der Waals surface area contributed by atoms with Crippen LogP contribution < -0.4 is 5.32 Å². The van der Waals surface area contributed by atoms with E-state index < -0.39 is 5.97 Å². The summed E-state index contributed by atoms with van der Waals surface area (Å²) in [5.41, 5.74) is -0.278. The number of thiazole rings is 1. The number of carboxylic acids is 1. The number of aromatic nitrogens is 1. The Bertz CT molecular complexity index is 496. The van der Waals surface area contributed by atoms with Gasteiger partial charge in [-0.25, -0.2) is 9.78 Å². The highest BCUT2D eigenvalue weighted by Gasteiger charge is 2.43. The van der Waals surface area contributed by atoms with Gasteiger partial charge in [0.1, 0.15) is 5.01 Å². The molecule has 0 unspecified atom stereocenters. The molecule has 1 saturated carbocycles. The minimum Gasteiger partial charge on any atom is -0.476 e. The lowest BCUT2D eigenvalue weighted by Crippen LogP contribution is -2.46. The van der Waals surface area contributed by atoms with Gasteiger partial charge in [-0.1, -0.05) is 6.42 Å². The van der Waals surface area contributed by atoms with Gasteiger partial charge in [-0.2, -0.15) is 0 Å². The molecule has 1 aromatic rings. The van der Waals surface area contributed by atoms with Gasteiger partial charge in [0.2, 0.25) is 5.91 Å². The quantitative estimate of drug-likeness (QED) is 0.799. The molecule has 0 aromatic carbocycles. The first kappa shape index (κ1) is 14.9. The summed E-state index contributed by atoms with van der Waals surface area (Å²) in [5, 5.41) is 13.7. The van der Waals surface area contributed by atoms with Crippen molar-refractivity contribution in [1.82, 2.24) is 10.3 Å². The largest absolute Gasteiger partial charge is 0.476 e. The minimum atomic E-state index is -1.05. The molecule has 7 heteroatoms. The Balaban J connectivity index is 1.88. The molecule has 1 amide bonds. The molecule has 0 bridgehead atoms. The van der Waals surface area contributed by atoms with Crippen molar-refractivity contribution in [3.05, 3.63) is 16.1 Å². The molecule has 1 aliphatic carbocycles. The third-order valence-electron chi connectivity index (χ3n) is 3.75. The number of nitrogens with zero attached hydrogens (tertiary/aromatic N) is 1. The first-order valence-electron chi connectivity index (χ1n) is 6.52. The molecule has 110 valence electrons. The summed E-state index contributed by atoms with van der Waals surface area (Å²) < 4.78 is 5.06. The number of hydrogen-bond donors (Lipinski definition) is 2. The van der Waals surface area contributed by atoms with Crippen LogP contribution in [0, 0.1) is 5.41 Å². The molecule has 0 radical (unpaired) electrons. The molecule has 0 saturated heterocycles. The van der Waals surface area contributed by atoms with Crippen LogP contribution in [0.25, 0.3) is 0 Å². The van der Waals surface area contributed by atoms with Gasteiger partial charge in [0.15, 0.2) is 5.69 Å². The zero-order valence-corrected chi connectivity index (χ0v) is 12.2. The number of carbonyl (C=O) groups is 2. The van der Waals surface area contributed by atoms with Crippen molar-refractivity contribution in [3.8, 4) is 0 Å². The van der Waals surface area contributed by atoms with Gasteiger partial charge in [0.05, 0.1) is 12.0 Å². The van der Waals surface area contributed by atoms with E-state index in [2.05, 4.69) is 10.3 Å². The predicted octanol–water partition coefficient (Wildman–Crippen LogP) is 1.66. The highest BCUT2D eigenvalue weighted by molar-refractivity contribution is 7.09. The number of methoxy groups -OCH3 is 1. The fraction of sp³-hybridized carbons (Fsp3) is 0.615. The van der Waals surface area contributed by atoms with E-state index in [-0.39, 0.29) is 23.6 Å². The van der Waals surface area contributed by atoms with E-state index in [0.717, 1.165) is 25.7 Å².